The predicted octanol–water partition coefficient (Wildman–Crippen LogP) is 5.13. The van der Waals surface area contributed by atoms with Crippen LogP contribution in [-0.4, -0.2) is 39.1 Å². The summed E-state index contributed by atoms with van der Waals surface area (Å²) >= 11 is 12.0. The van der Waals surface area contributed by atoms with Crippen LogP contribution in [0.1, 0.15) is 28.4 Å². The van der Waals surface area contributed by atoms with Gasteiger partial charge in [-0.15, -0.1) is 0 Å². The molecule has 0 bridgehead atoms. The number of hydrogen-bond donors (Lipinski definition) is 3. The first-order valence-corrected chi connectivity index (χ1v) is 12.0. The van der Waals surface area contributed by atoms with Crippen LogP contribution < -0.4 is 14.8 Å². The predicted molar refractivity (Wildman–Crippen MR) is 134 cm³/mol. The Morgan fingerprint density at radius 2 is 1.78 bits per heavy atom. The van der Waals surface area contributed by atoms with Gasteiger partial charge in [0, 0.05) is 12.0 Å². The Labute approximate surface area is 221 Å². The van der Waals surface area contributed by atoms with Crippen LogP contribution in [0.5, 0.6) is 11.5 Å². The van der Waals surface area contributed by atoms with E-state index in [-0.39, 0.29) is 25.5 Å². The highest BCUT2D eigenvalue weighted by molar-refractivity contribution is 6.42. The quantitative estimate of drug-likeness (QED) is 0.407. The van der Waals surface area contributed by atoms with Gasteiger partial charge in [0.25, 0.3) is 5.91 Å². The molecule has 0 spiro atoms. The van der Waals surface area contributed by atoms with Crippen LogP contribution in [-0.2, 0) is 29.2 Å². The molecule has 0 saturated carbocycles. The third-order valence-electron chi connectivity index (χ3n) is 6.28. The number of anilines is 1. The minimum absolute atomic E-state index is 0.00671. The fourth-order valence-electron chi connectivity index (χ4n) is 4.37. The van der Waals surface area contributed by atoms with Gasteiger partial charge < -0.3 is 25.0 Å². The maximum absolute atomic E-state index is 12.8. The molecule has 0 aromatic heterocycles. The van der Waals surface area contributed by atoms with Crippen LogP contribution in [0.15, 0.2) is 54.6 Å². The standard InChI is InChI=1S/C26H20Cl2N2O7/c27-18-6-1-13(7-19(18)28)12-36-17-4-2-14(3-5-17)23-24(31)29-20-8-15-9-21(25(32)33)30(26(34)35)11-16(15)10-22(20)37-23/h1-8,10,21,23H,9,11-12H2,(H,29,31)(H,32,33)(H,34,35)/t21-,23-/m0/s1. The van der Waals surface area contributed by atoms with E-state index in [1.54, 1.807) is 48.5 Å². The fourth-order valence-corrected chi connectivity index (χ4v) is 4.69. The largest absolute Gasteiger partial charge is 0.489 e. The number of carboxylic acids is 1. The highest BCUT2D eigenvalue weighted by atomic mass is 35.5. The second-order valence-corrected chi connectivity index (χ2v) is 9.49. The van der Waals surface area contributed by atoms with Crippen LogP contribution in [0.4, 0.5) is 10.5 Å². The molecule has 0 unspecified atom stereocenters. The van der Waals surface area contributed by atoms with Crippen LogP contribution in [0, 0.1) is 0 Å². The van der Waals surface area contributed by atoms with Crippen LogP contribution in [0.2, 0.25) is 10.0 Å². The molecule has 3 aromatic carbocycles. The van der Waals surface area contributed by atoms with E-state index in [9.17, 15) is 24.6 Å². The Balaban J connectivity index is 1.31. The second-order valence-electron chi connectivity index (χ2n) is 8.68. The van der Waals surface area contributed by atoms with Gasteiger partial charge in [-0.25, -0.2) is 9.59 Å². The summed E-state index contributed by atoms with van der Waals surface area (Å²) in [6.07, 6.45) is -2.25. The number of carboxylic acid groups (broad SMARTS) is 2. The van der Waals surface area contributed by atoms with E-state index in [4.69, 9.17) is 32.7 Å². The van der Waals surface area contributed by atoms with Crippen molar-refractivity contribution in [2.24, 2.45) is 0 Å². The van der Waals surface area contributed by atoms with E-state index in [0.717, 1.165) is 10.5 Å². The maximum atomic E-state index is 12.8. The number of amides is 2. The lowest BCUT2D eigenvalue weighted by atomic mass is 9.92. The van der Waals surface area contributed by atoms with Crippen LogP contribution >= 0.6 is 23.2 Å². The maximum Gasteiger partial charge on any atom is 0.408 e. The summed E-state index contributed by atoms with van der Waals surface area (Å²) in [5, 5.41) is 22.6. The lowest BCUT2D eigenvalue weighted by Crippen LogP contribution is -2.48. The number of rotatable bonds is 5. The number of ether oxygens (including phenoxy) is 2. The normalized spacial score (nSPS) is 18.2. The molecule has 9 nitrogen and oxygen atoms in total. The van der Waals surface area contributed by atoms with E-state index in [1.807, 2.05) is 6.07 Å². The smallest absolute Gasteiger partial charge is 0.408 e. The summed E-state index contributed by atoms with van der Waals surface area (Å²) in [7, 11) is 0. The SMILES string of the molecule is O=C1Nc2cc3c(cc2O[C@H]1c1ccc(OCc2ccc(Cl)c(Cl)c2)cc1)CN(C(=O)O)[C@H](C(=O)O)C3. The second kappa shape index (κ2) is 9.84. The van der Waals surface area contributed by atoms with Crippen molar-refractivity contribution < 1.29 is 34.1 Å². The molecule has 0 saturated heterocycles. The van der Waals surface area contributed by atoms with Gasteiger partial charge in [-0.3, -0.25) is 9.69 Å². The molecule has 2 heterocycles. The molecule has 0 fully saturated rings. The molecule has 2 amide bonds. The van der Waals surface area contributed by atoms with Crippen molar-refractivity contribution in [3.05, 3.63) is 86.9 Å². The third-order valence-corrected chi connectivity index (χ3v) is 7.01. The van der Waals surface area contributed by atoms with Crippen molar-refractivity contribution in [1.29, 1.82) is 0 Å². The van der Waals surface area contributed by atoms with Crippen molar-refractivity contribution >= 4 is 46.9 Å². The zero-order valence-corrected chi connectivity index (χ0v) is 20.6. The fraction of sp³-hybridized carbons (Fsp3) is 0.192. The Bertz CT molecular complexity index is 1410. The number of benzene rings is 3. The monoisotopic (exact) mass is 542 g/mol. The number of halogens is 2. The zero-order valence-electron chi connectivity index (χ0n) is 19.1. The van der Waals surface area contributed by atoms with Crippen molar-refractivity contribution in [3.63, 3.8) is 0 Å². The van der Waals surface area contributed by atoms with E-state index in [2.05, 4.69) is 5.32 Å². The van der Waals surface area contributed by atoms with Crippen LogP contribution in [0.3, 0.4) is 0 Å². The highest BCUT2D eigenvalue weighted by Gasteiger charge is 2.37. The van der Waals surface area contributed by atoms with Gasteiger partial charge >= 0.3 is 12.1 Å². The summed E-state index contributed by atoms with van der Waals surface area (Å²) in [6.45, 7) is 0.187. The van der Waals surface area contributed by atoms with Crippen molar-refractivity contribution in [2.45, 2.75) is 31.7 Å². The Hall–Kier alpha value is -3.95. The summed E-state index contributed by atoms with van der Waals surface area (Å²) < 4.78 is 11.8. The topological polar surface area (TPSA) is 125 Å². The number of aliphatic carboxylic acids is 1. The van der Waals surface area contributed by atoms with Crippen molar-refractivity contribution in [3.8, 4) is 11.5 Å². The van der Waals surface area contributed by atoms with Gasteiger partial charge in [-0.05, 0) is 53.1 Å². The Morgan fingerprint density at radius 1 is 1.03 bits per heavy atom. The number of carbonyl (C=O) groups excluding carboxylic acids is 1. The zero-order chi connectivity index (χ0) is 26.3. The summed E-state index contributed by atoms with van der Waals surface area (Å²) in [5.41, 5.74) is 3.13. The molecule has 3 N–H and O–H groups in total. The number of nitrogens with one attached hydrogen (secondary N) is 1. The highest BCUT2D eigenvalue weighted by Crippen LogP contribution is 2.39. The summed E-state index contributed by atoms with van der Waals surface area (Å²) in [5.74, 6) is -0.644. The van der Waals surface area contributed by atoms with Crippen molar-refractivity contribution in [1.82, 2.24) is 4.90 Å². The average molecular weight is 543 g/mol. The Morgan fingerprint density at radius 3 is 2.46 bits per heavy atom. The van der Waals surface area contributed by atoms with Gasteiger partial charge in [0.2, 0.25) is 6.10 Å². The molecular weight excluding hydrogens is 523 g/mol. The molecule has 2 atom stereocenters. The molecule has 5 rings (SSSR count). The Kier molecular flexibility index (Phi) is 6.57. The lowest BCUT2D eigenvalue weighted by molar-refractivity contribution is -0.143. The molecular formula is C26H20Cl2N2O7. The van der Waals surface area contributed by atoms with E-state index < -0.39 is 24.2 Å². The van der Waals surface area contributed by atoms with Crippen LogP contribution in [0.25, 0.3) is 0 Å². The third kappa shape index (κ3) is 5.00. The van der Waals surface area contributed by atoms with Gasteiger partial charge in [-0.1, -0.05) is 41.4 Å². The number of nitrogens with zero attached hydrogens (tertiary/aromatic N) is 1. The molecule has 37 heavy (non-hydrogen) atoms. The van der Waals surface area contributed by atoms with Gasteiger partial charge in [0.05, 0.1) is 22.3 Å². The summed E-state index contributed by atoms with van der Waals surface area (Å²) in [4.78, 5) is 36.9. The molecule has 190 valence electrons. The lowest BCUT2D eigenvalue weighted by Gasteiger charge is -2.34. The molecule has 3 aromatic rings. The van der Waals surface area contributed by atoms with E-state index in [0.29, 0.717) is 43.9 Å². The number of hydrogen-bond acceptors (Lipinski definition) is 5. The van der Waals surface area contributed by atoms with Crippen molar-refractivity contribution in [2.75, 3.05) is 5.32 Å². The first-order valence-electron chi connectivity index (χ1n) is 11.2. The van der Waals surface area contributed by atoms with E-state index in [1.165, 1.54) is 0 Å². The first kappa shape index (κ1) is 24.7. The minimum atomic E-state index is -1.32. The number of carbonyl (C=O) groups is 3. The molecule has 0 aliphatic carbocycles. The van der Waals surface area contributed by atoms with E-state index >= 15 is 0 Å². The summed E-state index contributed by atoms with van der Waals surface area (Å²) in [6, 6.07) is 14.2. The van der Waals surface area contributed by atoms with Gasteiger partial charge in [-0.2, -0.15) is 0 Å². The van der Waals surface area contributed by atoms with Gasteiger partial charge in [0.1, 0.15) is 24.1 Å². The molecule has 11 heteroatoms. The first-order chi connectivity index (χ1) is 17.7. The molecule has 2 aliphatic rings. The average Bonchev–Trinajstić information content (AvgIpc) is 2.87. The minimum Gasteiger partial charge on any atom is -0.489 e. The van der Waals surface area contributed by atoms with Gasteiger partial charge in [0.15, 0.2) is 0 Å². The molecule has 2 aliphatic heterocycles. The molecule has 0 radical (unpaired) electrons. The number of fused-ring (bicyclic) bond motifs is 2.